The van der Waals surface area contributed by atoms with E-state index in [9.17, 15) is 0 Å². The van der Waals surface area contributed by atoms with E-state index in [1.54, 1.807) is 13.3 Å². The van der Waals surface area contributed by atoms with Gasteiger partial charge in [-0.1, -0.05) is 0 Å². The number of nitrogens with one attached hydrogen (secondary N) is 2. The number of anilines is 2. The molecule has 0 atom stereocenters. The second-order valence-electron chi connectivity index (χ2n) is 3.85. The van der Waals surface area contributed by atoms with Gasteiger partial charge in [0, 0.05) is 11.1 Å². The van der Waals surface area contributed by atoms with Crippen molar-refractivity contribution >= 4 is 34.0 Å². The smallest absolute Gasteiger partial charge is 0.224 e. The van der Waals surface area contributed by atoms with Gasteiger partial charge in [0.15, 0.2) is 11.6 Å². The lowest BCUT2D eigenvalue weighted by Gasteiger charge is -2.09. The second kappa shape index (κ2) is 4.74. The number of aromatic amines is 1. The Morgan fingerprint density at radius 3 is 3.05 bits per heavy atom. The van der Waals surface area contributed by atoms with Gasteiger partial charge in [-0.05, 0) is 29.8 Å². The molecule has 0 saturated carbocycles. The van der Waals surface area contributed by atoms with E-state index < -0.39 is 0 Å². The SMILES string of the molecule is COc1cnc(Cl)nc1Nc1ccc2cn[nH]c2c1. The molecule has 0 saturated heterocycles. The molecular formula is C12H10ClN5O. The van der Waals surface area contributed by atoms with Crippen LogP contribution in [0.3, 0.4) is 0 Å². The molecule has 7 heteroatoms. The van der Waals surface area contributed by atoms with E-state index in [1.807, 2.05) is 18.2 Å². The van der Waals surface area contributed by atoms with Crippen molar-refractivity contribution in [2.24, 2.45) is 0 Å². The number of ether oxygens (including phenoxy) is 1. The predicted molar refractivity (Wildman–Crippen MR) is 73.0 cm³/mol. The standard InChI is InChI=1S/C12H10ClN5O/c1-19-10-6-14-12(13)17-11(10)16-8-3-2-7-5-15-18-9(7)4-8/h2-6H,1H3,(H,15,18)(H,14,16,17). The van der Waals surface area contributed by atoms with Crippen LogP contribution in [-0.4, -0.2) is 27.3 Å². The average molecular weight is 276 g/mol. The average Bonchev–Trinajstić information content (AvgIpc) is 2.86. The summed E-state index contributed by atoms with van der Waals surface area (Å²) in [6.45, 7) is 0. The van der Waals surface area contributed by atoms with E-state index in [0.29, 0.717) is 11.6 Å². The maximum atomic E-state index is 5.78. The highest BCUT2D eigenvalue weighted by molar-refractivity contribution is 6.28. The van der Waals surface area contributed by atoms with Gasteiger partial charge in [0.1, 0.15) is 0 Å². The van der Waals surface area contributed by atoms with Crippen molar-refractivity contribution < 1.29 is 4.74 Å². The number of fused-ring (bicyclic) bond motifs is 1. The number of aromatic nitrogens is 4. The zero-order chi connectivity index (χ0) is 13.2. The Bertz CT molecular complexity index is 727. The van der Waals surface area contributed by atoms with Crippen LogP contribution in [0.25, 0.3) is 10.9 Å². The normalized spacial score (nSPS) is 10.6. The summed E-state index contributed by atoms with van der Waals surface area (Å²) >= 11 is 5.78. The van der Waals surface area contributed by atoms with Gasteiger partial charge in [0.05, 0.1) is 25.0 Å². The monoisotopic (exact) mass is 275 g/mol. The molecule has 0 aliphatic heterocycles. The van der Waals surface area contributed by atoms with E-state index >= 15 is 0 Å². The van der Waals surface area contributed by atoms with Gasteiger partial charge < -0.3 is 10.1 Å². The summed E-state index contributed by atoms with van der Waals surface area (Å²) in [5.74, 6) is 1.04. The first-order valence-corrected chi connectivity index (χ1v) is 5.91. The molecule has 3 rings (SSSR count). The zero-order valence-electron chi connectivity index (χ0n) is 10.0. The van der Waals surface area contributed by atoms with Crippen LogP contribution in [0, 0.1) is 0 Å². The maximum Gasteiger partial charge on any atom is 0.224 e. The van der Waals surface area contributed by atoms with Crippen LogP contribution < -0.4 is 10.1 Å². The van der Waals surface area contributed by atoms with Crippen molar-refractivity contribution in [1.82, 2.24) is 20.2 Å². The molecule has 0 aliphatic rings. The van der Waals surface area contributed by atoms with Gasteiger partial charge in [0.2, 0.25) is 5.28 Å². The Kier molecular flexibility index (Phi) is 2.92. The van der Waals surface area contributed by atoms with Crippen LogP contribution in [0.2, 0.25) is 5.28 Å². The Labute approximate surface area is 113 Å². The molecule has 19 heavy (non-hydrogen) atoms. The first-order chi connectivity index (χ1) is 9.26. The molecule has 2 N–H and O–H groups in total. The highest BCUT2D eigenvalue weighted by atomic mass is 35.5. The van der Waals surface area contributed by atoms with Crippen LogP contribution in [0.4, 0.5) is 11.5 Å². The van der Waals surface area contributed by atoms with Crippen LogP contribution >= 0.6 is 11.6 Å². The molecule has 0 aliphatic carbocycles. The molecule has 0 unspecified atom stereocenters. The van der Waals surface area contributed by atoms with Crippen molar-refractivity contribution in [3.8, 4) is 5.75 Å². The topological polar surface area (TPSA) is 75.7 Å². The Hall–Kier alpha value is -2.34. The van der Waals surface area contributed by atoms with Crippen molar-refractivity contribution in [2.75, 3.05) is 12.4 Å². The summed E-state index contributed by atoms with van der Waals surface area (Å²) in [6.07, 6.45) is 3.29. The summed E-state index contributed by atoms with van der Waals surface area (Å²) in [4.78, 5) is 7.97. The third kappa shape index (κ3) is 2.30. The number of halogens is 1. The third-order valence-corrected chi connectivity index (χ3v) is 2.83. The minimum Gasteiger partial charge on any atom is -0.491 e. The molecule has 0 spiro atoms. The lowest BCUT2D eigenvalue weighted by atomic mass is 10.2. The van der Waals surface area contributed by atoms with E-state index in [-0.39, 0.29) is 5.28 Å². The lowest BCUT2D eigenvalue weighted by Crippen LogP contribution is -1.99. The summed E-state index contributed by atoms with van der Waals surface area (Å²) in [5.41, 5.74) is 1.79. The quantitative estimate of drug-likeness (QED) is 0.719. The lowest BCUT2D eigenvalue weighted by molar-refractivity contribution is 0.413. The van der Waals surface area contributed by atoms with Gasteiger partial charge >= 0.3 is 0 Å². The molecular weight excluding hydrogens is 266 g/mol. The van der Waals surface area contributed by atoms with E-state index in [2.05, 4.69) is 25.5 Å². The molecule has 6 nitrogen and oxygen atoms in total. The Morgan fingerprint density at radius 1 is 1.32 bits per heavy atom. The van der Waals surface area contributed by atoms with E-state index in [0.717, 1.165) is 16.6 Å². The van der Waals surface area contributed by atoms with Crippen LogP contribution in [0.1, 0.15) is 0 Å². The first kappa shape index (κ1) is 11.7. The molecule has 2 heterocycles. The molecule has 3 aromatic rings. The predicted octanol–water partition coefficient (Wildman–Crippen LogP) is 2.76. The number of nitrogens with zero attached hydrogens (tertiary/aromatic N) is 3. The molecule has 0 fully saturated rings. The Balaban J connectivity index is 1.97. The number of hydrogen-bond acceptors (Lipinski definition) is 5. The van der Waals surface area contributed by atoms with Crippen molar-refractivity contribution in [3.05, 3.63) is 35.9 Å². The first-order valence-electron chi connectivity index (χ1n) is 5.53. The molecule has 0 bridgehead atoms. The fraction of sp³-hybridized carbons (Fsp3) is 0.0833. The van der Waals surface area contributed by atoms with Gasteiger partial charge in [-0.3, -0.25) is 5.10 Å². The highest BCUT2D eigenvalue weighted by Crippen LogP contribution is 2.26. The van der Waals surface area contributed by atoms with Crippen molar-refractivity contribution in [2.45, 2.75) is 0 Å². The summed E-state index contributed by atoms with van der Waals surface area (Å²) in [5, 5.41) is 11.2. The summed E-state index contributed by atoms with van der Waals surface area (Å²) in [6, 6.07) is 5.81. The minimum absolute atomic E-state index is 0.158. The van der Waals surface area contributed by atoms with Gasteiger partial charge in [-0.2, -0.15) is 10.1 Å². The largest absolute Gasteiger partial charge is 0.491 e. The van der Waals surface area contributed by atoms with Crippen LogP contribution in [0.15, 0.2) is 30.6 Å². The number of methoxy groups -OCH3 is 1. The molecule has 1 aromatic carbocycles. The van der Waals surface area contributed by atoms with E-state index in [4.69, 9.17) is 16.3 Å². The van der Waals surface area contributed by atoms with E-state index in [1.165, 1.54) is 6.20 Å². The third-order valence-electron chi connectivity index (χ3n) is 2.65. The summed E-state index contributed by atoms with van der Waals surface area (Å²) < 4.78 is 5.18. The fourth-order valence-corrected chi connectivity index (χ4v) is 1.87. The number of rotatable bonds is 3. The van der Waals surface area contributed by atoms with Gasteiger partial charge in [-0.15, -0.1) is 0 Å². The highest BCUT2D eigenvalue weighted by Gasteiger charge is 2.07. The van der Waals surface area contributed by atoms with Gasteiger partial charge in [0.25, 0.3) is 0 Å². The van der Waals surface area contributed by atoms with Gasteiger partial charge in [-0.25, -0.2) is 4.98 Å². The van der Waals surface area contributed by atoms with Crippen LogP contribution in [0.5, 0.6) is 5.75 Å². The molecule has 96 valence electrons. The fourth-order valence-electron chi connectivity index (χ4n) is 1.74. The number of benzene rings is 1. The van der Waals surface area contributed by atoms with Crippen molar-refractivity contribution in [3.63, 3.8) is 0 Å². The Morgan fingerprint density at radius 2 is 2.21 bits per heavy atom. The van der Waals surface area contributed by atoms with Crippen molar-refractivity contribution in [1.29, 1.82) is 0 Å². The molecule has 0 amide bonds. The number of H-pyrrole nitrogens is 1. The summed E-state index contributed by atoms with van der Waals surface area (Å²) in [7, 11) is 1.55. The second-order valence-corrected chi connectivity index (χ2v) is 4.19. The maximum absolute atomic E-state index is 5.78. The molecule has 2 aromatic heterocycles. The minimum atomic E-state index is 0.158. The number of hydrogen-bond donors (Lipinski definition) is 2. The zero-order valence-corrected chi connectivity index (χ0v) is 10.8. The van der Waals surface area contributed by atoms with Crippen LogP contribution in [-0.2, 0) is 0 Å². The molecule has 0 radical (unpaired) electrons.